The van der Waals surface area contributed by atoms with Gasteiger partial charge in [0.15, 0.2) is 0 Å². The third-order valence-electron chi connectivity index (χ3n) is 3.41. The van der Waals surface area contributed by atoms with Gasteiger partial charge in [-0.25, -0.2) is 17.9 Å². The lowest BCUT2D eigenvalue weighted by Crippen LogP contribution is -2.37. The average molecular weight is 313 g/mol. The summed E-state index contributed by atoms with van der Waals surface area (Å²) in [6, 6.07) is 3.92. The number of hydrogen-bond donors (Lipinski definition) is 2. The number of methoxy groups -OCH3 is 1. The Morgan fingerprint density at radius 2 is 2.19 bits per heavy atom. The van der Waals surface area contributed by atoms with Gasteiger partial charge in [-0.15, -0.1) is 0 Å². The second-order valence-corrected chi connectivity index (χ2v) is 6.80. The second kappa shape index (κ2) is 6.00. The molecule has 1 aromatic rings. The minimum atomic E-state index is -3.83. The molecule has 1 aliphatic rings. The molecule has 0 amide bonds. The van der Waals surface area contributed by atoms with Crippen molar-refractivity contribution < 1.29 is 17.9 Å². The molecule has 0 radical (unpaired) electrons. The predicted octanol–water partition coefficient (Wildman–Crippen LogP) is 0.0378. The Kier molecular flexibility index (Phi) is 4.50. The van der Waals surface area contributed by atoms with Crippen molar-refractivity contribution >= 4 is 21.7 Å². The minimum absolute atomic E-state index is 0.0226. The average Bonchev–Trinajstić information content (AvgIpc) is 2.82. The summed E-state index contributed by atoms with van der Waals surface area (Å²) in [4.78, 5) is 13.6. The van der Waals surface area contributed by atoms with Crippen molar-refractivity contribution in [1.29, 1.82) is 0 Å². The molecule has 1 heterocycles. The summed E-state index contributed by atoms with van der Waals surface area (Å²) in [5.74, 6) is -0.709. The number of nitrogen functional groups attached to an aromatic ring is 1. The van der Waals surface area contributed by atoms with Crippen molar-refractivity contribution in [3.8, 4) is 0 Å². The quantitative estimate of drug-likeness (QED) is 0.601. The summed E-state index contributed by atoms with van der Waals surface area (Å²) in [5.41, 5.74) is 5.89. The number of likely N-dealkylation sites (tertiary alicyclic amines) is 1. The van der Waals surface area contributed by atoms with E-state index in [0.29, 0.717) is 6.54 Å². The maximum atomic E-state index is 12.5. The van der Waals surface area contributed by atoms with E-state index in [2.05, 4.69) is 9.46 Å². The van der Waals surface area contributed by atoms with Gasteiger partial charge in [0, 0.05) is 18.3 Å². The number of carbonyl (C=O) groups excluding carboxylic acids is 1. The standard InChI is InChI=1S/C13H19N3O4S/c1-16-6-5-10(8-16)15-21(18,19)12-7-9(14)3-4-11(12)13(17)20-2/h3-4,7,10,15H,5-6,8,14H2,1-2H3. The van der Waals surface area contributed by atoms with E-state index < -0.39 is 16.0 Å². The summed E-state index contributed by atoms with van der Waals surface area (Å²) >= 11 is 0. The molecule has 0 saturated carbocycles. The highest BCUT2D eigenvalue weighted by Gasteiger charge is 2.28. The summed E-state index contributed by atoms with van der Waals surface area (Å²) in [5, 5.41) is 0. The number of hydrogen-bond acceptors (Lipinski definition) is 6. The van der Waals surface area contributed by atoms with Gasteiger partial charge >= 0.3 is 5.97 Å². The highest BCUT2D eigenvalue weighted by Crippen LogP contribution is 2.21. The Hall–Kier alpha value is -1.64. The number of nitrogens with one attached hydrogen (secondary N) is 1. The molecule has 1 atom stereocenters. The minimum Gasteiger partial charge on any atom is -0.465 e. The van der Waals surface area contributed by atoms with Crippen LogP contribution in [0.3, 0.4) is 0 Å². The number of rotatable bonds is 4. The van der Waals surface area contributed by atoms with Gasteiger partial charge < -0.3 is 15.4 Å². The maximum absolute atomic E-state index is 12.5. The van der Waals surface area contributed by atoms with Crippen molar-refractivity contribution in [2.75, 3.05) is 33.0 Å². The molecule has 1 unspecified atom stereocenters. The van der Waals surface area contributed by atoms with Gasteiger partial charge in [0.2, 0.25) is 10.0 Å². The van der Waals surface area contributed by atoms with Crippen molar-refractivity contribution in [2.24, 2.45) is 0 Å². The first kappa shape index (κ1) is 15.7. The molecule has 2 rings (SSSR count). The van der Waals surface area contributed by atoms with Gasteiger partial charge in [-0.05, 0) is 38.2 Å². The molecule has 1 saturated heterocycles. The fourth-order valence-corrected chi connectivity index (χ4v) is 3.84. The lowest BCUT2D eigenvalue weighted by atomic mass is 10.2. The number of likely N-dealkylation sites (N-methyl/N-ethyl adjacent to an activating group) is 1. The van der Waals surface area contributed by atoms with Gasteiger partial charge in [-0.2, -0.15) is 0 Å². The monoisotopic (exact) mass is 313 g/mol. The molecule has 0 aliphatic carbocycles. The van der Waals surface area contributed by atoms with E-state index in [-0.39, 0.29) is 22.2 Å². The van der Waals surface area contributed by atoms with Gasteiger partial charge in [-0.1, -0.05) is 0 Å². The number of sulfonamides is 1. The SMILES string of the molecule is COC(=O)c1ccc(N)cc1S(=O)(=O)NC1CCN(C)C1. The summed E-state index contributed by atoms with van der Waals surface area (Å²) in [6.45, 7) is 1.46. The van der Waals surface area contributed by atoms with Crippen molar-refractivity contribution in [3.63, 3.8) is 0 Å². The fraction of sp³-hybridized carbons (Fsp3) is 0.462. The van der Waals surface area contributed by atoms with Gasteiger partial charge in [-0.3, -0.25) is 0 Å². The molecule has 8 heteroatoms. The van der Waals surface area contributed by atoms with E-state index in [1.807, 2.05) is 11.9 Å². The molecule has 0 aromatic heterocycles. The zero-order valence-corrected chi connectivity index (χ0v) is 12.8. The van der Waals surface area contributed by atoms with Crippen LogP contribution < -0.4 is 10.5 Å². The van der Waals surface area contributed by atoms with Crippen LogP contribution >= 0.6 is 0 Å². The van der Waals surface area contributed by atoms with E-state index in [4.69, 9.17) is 5.73 Å². The number of nitrogens with zero attached hydrogens (tertiary/aromatic N) is 1. The van der Waals surface area contributed by atoms with E-state index in [1.54, 1.807) is 0 Å². The van der Waals surface area contributed by atoms with Crippen LogP contribution in [-0.2, 0) is 14.8 Å². The molecule has 1 aromatic carbocycles. The normalized spacial score (nSPS) is 19.6. The topological polar surface area (TPSA) is 102 Å². The van der Waals surface area contributed by atoms with E-state index >= 15 is 0 Å². The number of benzene rings is 1. The molecule has 0 bridgehead atoms. The van der Waals surface area contributed by atoms with Crippen LogP contribution in [0.5, 0.6) is 0 Å². The van der Waals surface area contributed by atoms with Crippen LogP contribution in [-0.4, -0.2) is 52.6 Å². The van der Waals surface area contributed by atoms with Crippen LogP contribution in [0.25, 0.3) is 0 Å². The zero-order chi connectivity index (χ0) is 15.6. The van der Waals surface area contributed by atoms with E-state index in [9.17, 15) is 13.2 Å². The third kappa shape index (κ3) is 3.52. The Labute approximate surface area is 124 Å². The fourth-order valence-electron chi connectivity index (χ4n) is 2.35. The smallest absolute Gasteiger partial charge is 0.339 e. The summed E-state index contributed by atoms with van der Waals surface area (Å²) in [7, 11) is -0.705. The van der Waals surface area contributed by atoms with Crippen LogP contribution in [0, 0.1) is 0 Å². The zero-order valence-electron chi connectivity index (χ0n) is 12.0. The van der Waals surface area contributed by atoms with Gasteiger partial charge in [0.1, 0.15) is 0 Å². The first-order chi connectivity index (χ1) is 9.83. The largest absolute Gasteiger partial charge is 0.465 e. The number of ether oxygens (including phenoxy) is 1. The Morgan fingerprint density at radius 3 is 2.76 bits per heavy atom. The molecular formula is C13H19N3O4S. The third-order valence-corrected chi connectivity index (χ3v) is 4.97. The number of anilines is 1. The van der Waals surface area contributed by atoms with Crippen LogP contribution in [0.15, 0.2) is 23.1 Å². The number of nitrogens with two attached hydrogens (primary N) is 1. The molecule has 7 nitrogen and oxygen atoms in total. The highest BCUT2D eigenvalue weighted by molar-refractivity contribution is 7.89. The molecule has 116 valence electrons. The Morgan fingerprint density at radius 1 is 1.48 bits per heavy atom. The highest BCUT2D eigenvalue weighted by atomic mass is 32.2. The summed E-state index contributed by atoms with van der Waals surface area (Å²) < 4.78 is 32.2. The maximum Gasteiger partial charge on any atom is 0.339 e. The molecular weight excluding hydrogens is 294 g/mol. The Bertz CT molecular complexity index is 645. The molecule has 21 heavy (non-hydrogen) atoms. The lowest BCUT2D eigenvalue weighted by molar-refractivity contribution is 0.0596. The van der Waals surface area contributed by atoms with E-state index in [1.165, 1.54) is 25.3 Å². The molecule has 0 spiro atoms. The van der Waals surface area contributed by atoms with Crippen molar-refractivity contribution in [3.05, 3.63) is 23.8 Å². The van der Waals surface area contributed by atoms with Gasteiger partial charge in [0.05, 0.1) is 17.6 Å². The van der Waals surface area contributed by atoms with Crippen LogP contribution in [0.2, 0.25) is 0 Å². The van der Waals surface area contributed by atoms with Crippen molar-refractivity contribution in [1.82, 2.24) is 9.62 Å². The molecule has 1 aliphatic heterocycles. The number of carbonyl (C=O) groups is 1. The van der Waals surface area contributed by atoms with E-state index in [0.717, 1.165) is 13.0 Å². The predicted molar refractivity (Wildman–Crippen MR) is 78.4 cm³/mol. The van der Waals surface area contributed by atoms with Gasteiger partial charge in [0.25, 0.3) is 0 Å². The second-order valence-electron chi connectivity index (χ2n) is 5.12. The Balaban J connectivity index is 2.34. The first-order valence-electron chi connectivity index (χ1n) is 6.52. The van der Waals surface area contributed by atoms with Crippen LogP contribution in [0.1, 0.15) is 16.8 Å². The van der Waals surface area contributed by atoms with Crippen LogP contribution in [0.4, 0.5) is 5.69 Å². The molecule has 1 fully saturated rings. The molecule has 3 N–H and O–H groups in total. The first-order valence-corrected chi connectivity index (χ1v) is 8.00. The van der Waals surface area contributed by atoms with Crippen molar-refractivity contribution in [2.45, 2.75) is 17.4 Å². The summed E-state index contributed by atoms with van der Waals surface area (Å²) in [6.07, 6.45) is 0.728. The number of esters is 1. The lowest BCUT2D eigenvalue weighted by Gasteiger charge is -2.15.